The van der Waals surface area contributed by atoms with E-state index in [0.717, 1.165) is 9.21 Å². The van der Waals surface area contributed by atoms with Crippen molar-refractivity contribution in [1.82, 2.24) is 15.1 Å². The van der Waals surface area contributed by atoms with Gasteiger partial charge >= 0.3 is 5.97 Å². The number of hydrogen-bond donors (Lipinski definition) is 2. The van der Waals surface area contributed by atoms with Crippen molar-refractivity contribution in [2.75, 3.05) is 0 Å². The third-order valence-electron chi connectivity index (χ3n) is 2.89. The Hall–Kier alpha value is -1.37. The van der Waals surface area contributed by atoms with Crippen molar-refractivity contribution in [2.24, 2.45) is 7.05 Å². The van der Waals surface area contributed by atoms with Crippen LogP contribution in [-0.2, 0) is 13.6 Å². The number of hydrogen-bond acceptors (Lipinski definition) is 4. The number of thiophene rings is 1. The fourth-order valence-electron chi connectivity index (χ4n) is 1.76. The van der Waals surface area contributed by atoms with E-state index < -0.39 is 5.97 Å². The van der Waals surface area contributed by atoms with E-state index in [9.17, 15) is 4.79 Å². The summed E-state index contributed by atoms with van der Waals surface area (Å²) in [7, 11) is 1.73. The van der Waals surface area contributed by atoms with Crippen LogP contribution < -0.4 is 5.32 Å². The summed E-state index contributed by atoms with van der Waals surface area (Å²) in [6, 6.07) is 3.92. The first-order valence-corrected chi connectivity index (χ1v) is 6.91. The molecule has 19 heavy (non-hydrogen) atoms. The van der Waals surface area contributed by atoms with Gasteiger partial charge in [-0.05, 0) is 19.1 Å². The van der Waals surface area contributed by atoms with Crippen LogP contribution in [0.3, 0.4) is 0 Å². The van der Waals surface area contributed by atoms with Crippen molar-refractivity contribution in [3.8, 4) is 0 Å². The van der Waals surface area contributed by atoms with Crippen LogP contribution in [0.15, 0.2) is 18.3 Å². The summed E-state index contributed by atoms with van der Waals surface area (Å²) in [4.78, 5) is 12.2. The molecule has 0 fully saturated rings. The van der Waals surface area contributed by atoms with Crippen LogP contribution in [0.4, 0.5) is 0 Å². The van der Waals surface area contributed by atoms with E-state index in [1.807, 2.05) is 19.1 Å². The van der Waals surface area contributed by atoms with Gasteiger partial charge in [0.2, 0.25) is 0 Å². The number of aromatic carboxylic acids is 1. The highest BCUT2D eigenvalue weighted by Gasteiger charge is 2.16. The van der Waals surface area contributed by atoms with Gasteiger partial charge in [-0.1, -0.05) is 11.6 Å². The molecule has 2 rings (SSSR count). The molecule has 2 heterocycles. The van der Waals surface area contributed by atoms with Crippen LogP contribution in [-0.4, -0.2) is 20.9 Å². The summed E-state index contributed by atoms with van der Waals surface area (Å²) in [5.41, 5.74) is 0.883. The second kappa shape index (κ2) is 5.73. The molecule has 0 bridgehead atoms. The number of carboxylic acid groups (broad SMARTS) is 1. The Bertz CT molecular complexity index is 594. The molecule has 0 spiro atoms. The van der Waals surface area contributed by atoms with E-state index in [0.29, 0.717) is 12.2 Å². The van der Waals surface area contributed by atoms with Gasteiger partial charge in [0.1, 0.15) is 5.56 Å². The Morgan fingerprint density at radius 2 is 2.37 bits per heavy atom. The van der Waals surface area contributed by atoms with Crippen LogP contribution in [0.1, 0.15) is 33.9 Å². The van der Waals surface area contributed by atoms with Gasteiger partial charge in [-0.2, -0.15) is 5.10 Å². The molecule has 7 heteroatoms. The Labute approximate surface area is 119 Å². The summed E-state index contributed by atoms with van der Waals surface area (Å²) in [6.07, 6.45) is 1.37. The summed E-state index contributed by atoms with van der Waals surface area (Å²) >= 11 is 7.41. The molecular formula is C12H14ClN3O2S. The van der Waals surface area contributed by atoms with Gasteiger partial charge in [-0.25, -0.2) is 4.79 Å². The average molecular weight is 300 g/mol. The molecule has 2 N–H and O–H groups in total. The molecule has 1 atom stereocenters. The second-order valence-corrected chi connectivity index (χ2v) is 5.92. The zero-order valence-electron chi connectivity index (χ0n) is 10.6. The van der Waals surface area contributed by atoms with E-state index in [-0.39, 0.29) is 11.6 Å². The first-order chi connectivity index (χ1) is 8.99. The lowest BCUT2D eigenvalue weighted by molar-refractivity contribution is 0.0695. The highest BCUT2D eigenvalue weighted by molar-refractivity contribution is 7.16. The van der Waals surface area contributed by atoms with E-state index >= 15 is 0 Å². The van der Waals surface area contributed by atoms with Crippen LogP contribution in [0.5, 0.6) is 0 Å². The molecule has 0 aliphatic rings. The lowest BCUT2D eigenvalue weighted by Gasteiger charge is -2.12. The van der Waals surface area contributed by atoms with E-state index in [4.69, 9.17) is 16.7 Å². The molecule has 0 aromatic carbocycles. The molecule has 0 aliphatic carbocycles. The zero-order chi connectivity index (χ0) is 14.0. The molecule has 5 nitrogen and oxygen atoms in total. The zero-order valence-corrected chi connectivity index (χ0v) is 12.1. The predicted octanol–water partition coefficient (Wildman–Crippen LogP) is 2.68. The largest absolute Gasteiger partial charge is 0.478 e. The highest BCUT2D eigenvalue weighted by atomic mass is 35.5. The number of aromatic nitrogens is 2. The SMILES string of the molecule is CC(NCc1c(C(=O)O)cnn1C)c1ccc(Cl)s1. The lowest BCUT2D eigenvalue weighted by Crippen LogP contribution is -2.20. The molecule has 102 valence electrons. The van der Waals surface area contributed by atoms with Crippen molar-refractivity contribution in [1.29, 1.82) is 0 Å². The van der Waals surface area contributed by atoms with E-state index in [1.165, 1.54) is 17.5 Å². The fourth-order valence-corrected chi connectivity index (χ4v) is 2.85. The molecule has 0 saturated heterocycles. The Kier molecular flexibility index (Phi) is 4.24. The van der Waals surface area contributed by atoms with E-state index in [1.54, 1.807) is 11.7 Å². The first kappa shape index (κ1) is 14.0. The number of halogens is 1. The van der Waals surface area contributed by atoms with Crippen LogP contribution in [0.25, 0.3) is 0 Å². The Morgan fingerprint density at radius 3 is 2.95 bits per heavy atom. The number of rotatable bonds is 5. The minimum Gasteiger partial charge on any atom is -0.478 e. The number of carboxylic acids is 1. The number of aryl methyl sites for hydroxylation is 1. The van der Waals surface area contributed by atoms with Gasteiger partial charge in [-0.15, -0.1) is 11.3 Å². The maximum absolute atomic E-state index is 11.1. The number of nitrogens with zero attached hydrogens (tertiary/aromatic N) is 2. The van der Waals surface area contributed by atoms with Crippen LogP contribution >= 0.6 is 22.9 Å². The molecule has 0 amide bonds. The van der Waals surface area contributed by atoms with Crippen molar-refractivity contribution < 1.29 is 9.90 Å². The monoisotopic (exact) mass is 299 g/mol. The maximum atomic E-state index is 11.1. The third-order valence-corrected chi connectivity index (χ3v) is 4.30. The normalized spacial score (nSPS) is 12.6. The molecule has 0 radical (unpaired) electrons. The minimum absolute atomic E-state index is 0.106. The fraction of sp³-hybridized carbons (Fsp3) is 0.333. The third kappa shape index (κ3) is 3.15. The summed E-state index contributed by atoms with van der Waals surface area (Å²) in [6.45, 7) is 2.45. The van der Waals surface area contributed by atoms with Crippen LogP contribution in [0.2, 0.25) is 4.34 Å². The molecule has 1 unspecified atom stereocenters. The van der Waals surface area contributed by atoms with Gasteiger partial charge in [0.15, 0.2) is 0 Å². The van der Waals surface area contributed by atoms with Gasteiger partial charge < -0.3 is 10.4 Å². The quantitative estimate of drug-likeness (QED) is 0.891. The lowest BCUT2D eigenvalue weighted by atomic mass is 10.2. The van der Waals surface area contributed by atoms with Gasteiger partial charge in [0.05, 0.1) is 16.2 Å². The minimum atomic E-state index is -0.961. The standard InChI is InChI=1S/C12H14ClN3O2S/c1-7(10-3-4-11(13)19-10)14-6-9-8(12(17)18)5-15-16(9)2/h3-5,7,14H,6H2,1-2H3,(H,17,18). The maximum Gasteiger partial charge on any atom is 0.339 e. The van der Waals surface area contributed by atoms with Gasteiger partial charge in [0.25, 0.3) is 0 Å². The second-order valence-electron chi connectivity index (χ2n) is 4.18. The molecule has 2 aromatic rings. The van der Waals surface area contributed by atoms with Crippen molar-refractivity contribution >= 4 is 28.9 Å². The first-order valence-electron chi connectivity index (χ1n) is 5.72. The van der Waals surface area contributed by atoms with Gasteiger partial charge in [-0.3, -0.25) is 4.68 Å². The molecular weight excluding hydrogens is 286 g/mol. The smallest absolute Gasteiger partial charge is 0.339 e. The molecule has 0 saturated carbocycles. The van der Waals surface area contributed by atoms with E-state index in [2.05, 4.69) is 10.4 Å². The highest BCUT2D eigenvalue weighted by Crippen LogP contribution is 2.26. The Morgan fingerprint density at radius 1 is 1.63 bits per heavy atom. The average Bonchev–Trinajstić information content (AvgIpc) is 2.93. The summed E-state index contributed by atoms with van der Waals surface area (Å²) in [5, 5.41) is 16.3. The van der Waals surface area contributed by atoms with Crippen molar-refractivity contribution in [3.63, 3.8) is 0 Å². The number of nitrogens with one attached hydrogen (secondary N) is 1. The summed E-state index contributed by atoms with van der Waals surface area (Å²) in [5.74, 6) is -0.961. The molecule has 0 aliphatic heterocycles. The van der Waals surface area contributed by atoms with Gasteiger partial charge in [0, 0.05) is 24.5 Å². The summed E-state index contributed by atoms with van der Waals surface area (Å²) < 4.78 is 2.32. The Balaban J connectivity index is 2.06. The van der Waals surface area contributed by atoms with Crippen LogP contribution in [0, 0.1) is 0 Å². The predicted molar refractivity (Wildman–Crippen MR) is 74.8 cm³/mol. The topological polar surface area (TPSA) is 67.2 Å². The van der Waals surface area contributed by atoms with Crippen molar-refractivity contribution in [3.05, 3.63) is 38.8 Å². The number of carbonyl (C=O) groups is 1. The van der Waals surface area contributed by atoms with Crippen molar-refractivity contribution in [2.45, 2.75) is 19.5 Å². The molecule has 2 aromatic heterocycles.